The standard InChI is InChI=1S/C27H28N4O5/c1-6-35-27(33)20-14-28-31(23-13-17(3)19-12-16(2)11-18(4)25(19)29-23)26(20)30-24(32)15-36-22-10-8-7-9-21(22)34-5/h7-14H,6,15H2,1-5H3,(H,30,32). The number of methoxy groups -OCH3 is 1. The van der Waals surface area contributed by atoms with Crippen molar-refractivity contribution in [1.29, 1.82) is 0 Å². The van der Waals surface area contributed by atoms with Gasteiger partial charge in [0.25, 0.3) is 5.91 Å². The van der Waals surface area contributed by atoms with E-state index in [0.29, 0.717) is 17.3 Å². The molecule has 2 aromatic carbocycles. The van der Waals surface area contributed by atoms with Crippen LogP contribution in [-0.4, -0.2) is 47.0 Å². The number of hydrogen-bond donors (Lipinski definition) is 1. The fourth-order valence-corrected chi connectivity index (χ4v) is 3.99. The highest BCUT2D eigenvalue weighted by Gasteiger charge is 2.23. The lowest BCUT2D eigenvalue weighted by atomic mass is 10.0. The minimum absolute atomic E-state index is 0.114. The van der Waals surface area contributed by atoms with Crippen LogP contribution in [0.2, 0.25) is 0 Å². The third-order valence-electron chi connectivity index (χ3n) is 5.61. The summed E-state index contributed by atoms with van der Waals surface area (Å²) in [5.41, 5.74) is 4.09. The quantitative estimate of drug-likeness (QED) is 0.363. The first-order valence-electron chi connectivity index (χ1n) is 11.5. The molecule has 0 radical (unpaired) electrons. The van der Waals surface area contributed by atoms with Crippen molar-refractivity contribution in [2.75, 3.05) is 25.6 Å². The molecule has 0 spiro atoms. The molecular formula is C27H28N4O5. The summed E-state index contributed by atoms with van der Waals surface area (Å²) in [6.07, 6.45) is 1.36. The van der Waals surface area contributed by atoms with Gasteiger partial charge in [0, 0.05) is 5.39 Å². The van der Waals surface area contributed by atoms with E-state index in [-0.39, 0.29) is 24.6 Å². The van der Waals surface area contributed by atoms with E-state index in [0.717, 1.165) is 27.6 Å². The number of nitrogens with one attached hydrogen (secondary N) is 1. The minimum atomic E-state index is -0.603. The summed E-state index contributed by atoms with van der Waals surface area (Å²) >= 11 is 0. The van der Waals surface area contributed by atoms with E-state index < -0.39 is 11.9 Å². The maximum absolute atomic E-state index is 12.9. The Bertz CT molecular complexity index is 1440. The number of pyridine rings is 1. The van der Waals surface area contributed by atoms with Gasteiger partial charge in [-0.05, 0) is 63.1 Å². The summed E-state index contributed by atoms with van der Waals surface area (Å²) in [6.45, 7) is 7.61. The van der Waals surface area contributed by atoms with Crippen molar-refractivity contribution >= 4 is 28.6 Å². The Balaban J connectivity index is 1.70. The molecule has 0 aliphatic rings. The van der Waals surface area contributed by atoms with Crippen LogP contribution in [0.5, 0.6) is 11.5 Å². The van der Waals surface area contributed by atoms with Crippen molar-refractivity contribution in [1.82, 2.24) is 14.8 Å². The SMILES string of the molecule is CCOC(=O)c1cnn(-c2cc(C)c3cc(C)cc(C)c3n2)c1NC(=O)COc1ccccc1OC. The van der Waals surface area contributed by atoms with Crippen molar-refractivity contribution in [3.63, 3.8) is 0 Å². The molecule has 0 aliphatic carbocycles. The number of amides is 1. The second-order valence-corrected chi connectivity index (χ2v) is 8.30. The number of fused-ring (bicyclic) bond motifs is 1. The third-order valence-corrected chi connectivity index (χ3v) is 5.61. The predicted molar refractivity (Wildman–Crippen MR) is 136 cm³/mol. The monoisotopic (exact) mass is 488 g/mol. The van der Waals surface area contributed by atoms with E-state index in [1.165, 1.54) is 18.0 Å². The van der Waals surface area contributed by atoms with Gasteiger partial charge in [0.1, 0.15) is 5.56 Å². The van der Waals surface area contributed by atoms with Crippen molar-refractivity contribution in [2.45, 2.75) is 27.7 Å². The summed E-state index contributed by atoms with van der Waals surface area (Å²) in [5.74, 6) is 0.448. The molecule has 9 nitrogen and oxygen atoms in total. The highest BCUT2D eigenvalue weighted by atomic mass is 16.5. The summed E-state index contributed by atoms with van der Waals surface area (Å²) in [4.78, 5) is 30.3. The maximum atomic E-state index is 12.9. The molecule has 9 heteroatoms. The third kappa shape index (κ3) is 5.00. The minimum Gasteiger partial charge on any atom is -0.493 e. The van der Waals surface area contributed by atoms with Crippen LogP contribution in [0.1, 0.15) is 34.0 Å². The van der Waals surface area contributed by atoms with Crippen LogP contribution in [0.4, 0.5) is 5.82 Å². The number of anilines is 1. The van der Waals surface area contributed by atoms with Crippen LogP contribution in [0.15, 0.2) is 48.7 Å². The number of esters is 1. The molecule has 0 atom stereocenters. The lowest BCUT2D eigenvalue weighted by Crippen LogP contribution is -2.23. The number of aryl methyl sites for hydroxylation is 3. The average Bonchev–Trinajstić information content (AvgIpc) is 3.27. The number of carbonyl (C=O) groups is 2. The molecule has 0 saturated carbocycles. The van der Waals surface area contributed by atoms with Crippen molar-refractivity contribution in [3.8, 4) is 17.3 Å². The topological polar surface area (TPSA) is 105 Å². The van der Waals surface area contributed by atoms with E-state index >= 15 is 0 Å². The summed E-state index contributed by atoms with van der Waals surface area (Å²) in [5, 5.41) is 8.14. The van der Waals surface area contributed by atoms with Crippen LogP contribution >= 0.6 is 0 Å². The molecule has 186 valence electrons. The molecule has 4 rings (SSSR count). The lowest BCUT2D eigenvalue weighted by molar-refractivity contribution is -0.118. The van der Waals surface area contributed by atoms with Gasteiger partial charge >= 0.3 is 5.97 Å². The molecule has 1 amide bonds. The number of ether oxygens (including phenoxy) is 3. The summed E-state index contributed by atoms with van der Waals surface area (Å²) in [7, 11) is 1.52. The van der Waals surface area contributed by atoms with Gasteiger partial charge in [0.2, 0.25) is 0 Å². The van der Waals surface area contributed by atoms with Gasteiger partial charge in [-0.25, -0.2) is 9.78 Å². The maximum Gasteiger partial charge on any atom is 0.343 e. The first-order valence-corrected chi connectivity index (χ1v) is 11.5. The van der Waals surface area contributed by atoms with E-state index in [9.17, 15) is 9.59 Å². The van der Waals surface area contributed by atoms with Gasteiger partial charge in [-0.15, -0.1) is 0 Å². The molecule has 36 heavy (non-hydrogen) atoms. The molecule has 0 unspecified atom stereocenters. The molecule has 0 bridgehead atoms. The Morgan fingerprint density at radius 1 is 1.03 bits per heavy atom. The van der Waals surface area contributed by atoms with Crippen LogP contribution in [0.25, 0.3) is 16.7 Å². The second-order valence-electron chi connectivity index (χ2n) is 8.30. The molecule has 4 aromatic rings. The molecule has 2 heterocycles. The van der Waals surface area contributed by atoms with Gasteiger partial charge in [0.15, 0.2) is 29.7 Å². The van der Waals surface area contributed by atoms with E-state index in [1.54, 1.807) is 31.2 Å². The Hall–Kier alpha value is -4.40. The first kappa shape index (κ1) is 24.7. The van der Waals surface area contributed by atoms with Crippen LogP contribution in [-0.2, 0) is 9.53 Å². The summed E-state index contributed by atoms with van der Waals surface area (Å²) in [6, 6.07) is 13.0. The number of nitrogens with zero attached hydrogens (tertiary/aromatic N) is 3. The number of aromatic nitrogens is 3. The molecule has 0 saturated heterocycles. The molecule has 0 aliphatic heterocycles. The molecule has 2 aromatic heterocycles. The Kier molecular flexibility index (Phi) is 7.19. The number of rotatable bonds is 8. The Morgan fingerprint density at radius 3 is 2.50 bits per heavy atom. The molecule has 0 fully saturated rings. The smallest absolute Gasteiger partial charge is 0.343 e. The fourth-order valence-electron chi connectivity index (χ4n) is 3.99. The normalized spacial score (nSPS) is 10.8. The van der Waals surface area contributed by atoms with Crippen molar-refractivity contribution in [2.24, 2.45) is 0 Å². The lowest BCUT2D eigenvalue weighted by Gasteiger charge is -2.14. The Labute approximate surface area is 209 Å². The van der Waals surface area contributed by atoms with Gasteiger partial charge in [-0.1, -0.05) is 23.8 Å². The highest BCUT2D eigenvalue weighted by molar-refractivity contribution is 6.01. The highest BCUT2D eigenvalue weighted by Crippen LogP contribution is 2.28. The van der Waals surface area contributed by atoms with Gasteiger partial charge in [0.05, 0.1) is 25.4 Å². The second kappa shape index (κ2) is 10.5. The van der Waals surface area contributed by atoms with Crippen LogP contribution in [0, 0.1) is 20.8 Å². The first-order chi connectivity index (χ1) is 17.3. The zero-order valence-corrected chi connectivity index (χ0v) is 20.9. The van der Waals surface area contributed by atoms with Crippen molar-refractivity contribution < 1.29 is 23.8 Å². The molecule has 1 N–H and O–H groups in total. The zero-order valence-electron chi connectivity index (χ0n) is 20.9. The number of carbonyl (C=O) groups excluding carboxylic acids is 2. The van der Waals surface area contributed by atoms with Crippen molar-refractivity contribution in [3.05, 3.63) is 70.9 Å². The van der Waals surface area contributed by atoms with Crippen LogP contribution < -0.4 is 14.8 Å². The van der Waals surface area contributed by atoms with E-state index in [2.05, 4.69) is 22.5 Å². The summed E-state index contributed by atoms with van der Waals surface area (Å²) < 4.78 is 17.5. The number of para-hydroxylation sites is 2. The van der Waals surface area contributed by atoms with E-state index in [1.807, 2.05) is 26.8 Å². The Morgan fingerprint density at radius 2 is 1.78 bits per heavy atom. The average molecular weight is 489 g/mol. The van der Waals surface area contributed by atoms with Gasteiger partial charge in [-0.2, -0.15) is 9.78 Å². The number of hydrogen-bond acceptors (Lipinski definition) is 7. The number of benzene rings is 2. The fraction of sp³-hybridized carbons (Fsp3) is 0.259. The van der Waals surface area contributed by atoms with Gasteiger partial charge < -0.3 is 19.5 Å². The molecular weight excluding hydrogens is 460 g/mol. The van der Waals surface area contributed by atoms with Crippen LogP contribution in [0.3, 0.4) is 0 Å². The largest absolute Gasteiger partial charge is 0.493 e. The van der Waals surface area contributed by atoms with Gasteiger partial charge in [-0.3, -0.25) is 4.79 Å². The zero-order chi connectivity index (χ0) is 25.8. The van der Waals surface area contributed by atoms with E-state index in [4.69, 9.17) is 19.2 Å². The predicted octanol–water partition coefficient (Wildman–Crippen LogP) is 4.55.